The van der Waals surface area contributed by atoms with Gasteiger partial charge in [-0.1, -0.05) is 72.8 Å². The fourth-order valence-electron chi connectivity index (χ4n) is 1.85. The standard InChI is InChI=1S/C17H18/c1-4-10-16(11-5-1)14-8-3-9-15-17-12-6-2-7-13-17/h1-8,10-13H,9,14-15H2. The first kappa shape index (κ1) is 11.7. The summed E-state index contributed by atoms with van der Waals surface area (Å²) in [6, 6.07) is 21.2. The Morgan fingerprint density at radius 1 is 0.647 bits per heavy atom. The second-order valence-corrected chi connectivity index (χ2v) is 4.19. The Morgan fingerprint density at radius 3 is 1.88 bits per heavy atom. The lowest BCUT2D eigenvalue weighted by Crippen LogP contribution is -1.82. The van der Waals surface area contributed by atoms with Gasteiger partial charge in [-0.25, -0.2) is 0 Å². The number of benzene rings is 2. The largest absolute Gasteiger partial charge is 0.0879 e. The first-order chi connectivity index (χ1) is 8.45. The van der Waals surface area contributed by atoms with Crippen LogP contribution in [0.1, 0.15) is 17.5 Å². The highest BCUT2D eigenvalue weighted by Crippen LogP contribution is 2.04. The number of hydrogen-bond donors (Lipinski definition) is 0. The monoisotopic (exact) mass is 222 g/mol. The van der Waals surface area contributed by atoms with Crippen LogP contribution in [0.25, 0.3) is 0 Å². The summed E-state index contributed by atoms with van der Waals surface area (Å²) in [7, 11) is 0. The first-order valence-electron chi connectivity index (χ1n) is 6.18. The van der Waals surface area contributed by atoms with E-state index in [1.54, 1.807) is 0 Å². The van der Waals surface area contributed by atoms with Crippen LogP contribution >= 0.6 is 0 Å². The quantitative estimate of drug-likeness (QED) is 0.657. The Labute approximate surface area is 104 Å². The van der Waals surface area contributed by atoms with E-state index in [2.05, 4.69) is 72.8 Å². The molecule has 0 heterocycles. The molecule has 2 aromatic rings. The van der Waals surface area contributed by atoms with Gasteiger partial charge < -0.3 is 0 Å². The van der Waals surface area contributed by atoms with E-state index in [1.807, 2.05) is 0 Å². The van der Waals surface area contributed by atoms with E-state index < -0.39 is 0 Å². The predicted octanol–water partition coefficient (Wildman–Crippen LogP) is 4.42. The maximum atomic E-state index is 2.28. The van der Waals surface area contributed by atoms with Crippen molar-refractivity contribution in [2.24, 2.45) is 0 Å². The fraction of sp³-hybridized carbons (Fsp3) is 0.176. The SMILES string of the molecule is C(=CCc1ccccc1)CCc1ccccc1. The molecule has 0 spiro atoms. The van der Waals surface area contributed by atoms with Crippen LogP contribution in [0.3, 0.4) is 0 Å². The van der Waals surface area contributed by atoms with Crippen LogP contribution < -0.4 is 0 Å². The minimum absolute atomic E-state index is 1.04. The molecule has 0 aliphatic carbocycles. The van der Waals surface area contributed by atoms with Crippen molar-refractivity contribution in [3.63, 3.8) is 0 Å². The fourth-order valence-corrected chi connectivity index (χ4v) is 1.85. The Bertz CT molecular complexity index is 440. The van der Waals surface area contributed by atoms with Crippen molar-refractivity contribution in [1.82, 2.24) is 0 Å². The molecule has 0 radical (unpaired) electrons. The lowest BCUT2D eigenvalue weighted by Gasteiger charge is -1.97. The lowest BCUT2D eigenvalue weighted by atomic mass is 10.1. The second kappa shape index (κ2) is 6.70. The average Bonchev–Trinajstić information content (AvgIpc) is 2.41. The van der Waals surface area contributed by atoms with Crippen LogP contribution in [-0.4, -0.2) is 0 Å². The van der Waals surface area contributed by atoms with E-state index in [1.165, 1.54) is 11.1 Å². The maximum Gasteiger partial charge on any atom is -0.00975 e. The van der Waals surface area contributed by atoms with Gasteiger partial charge in [-0.15, -0.1) is 0 Å². The zero-order valence-corrected chi connectivity index (χ0v) is 10.0. The summed E-state index contributed by atoms with van der Waals surface area (Å²) < 4.78 is 0. The minimum atomic E-state index is 1.04. The summed E-state index contributed by atoms with van der Waals surface area (Å²) in [5.41, 5.74) is 2.79. The van der Waals surface area contributed by atoms with Gasteiger partial charge in [0.1, 0.15) is 0 Å². The summed E-state index contributed by atoms with van der Waals surface area (Å²) in [6.07, 6.45) is 7.83. The van der Waals surface area contributed by atoms with Gasteiger partial charge >= 0.3 is 0 Å². The molecule has 0 atom stereocenters. The molecule has 0 N–H and O–H groups in total. The highest BCUT2D eigenvalue weighted by Gasteiger charge is 1.89. The molecule has 0 aliphatic rings. The summed E-state index contributed by atoms with van der Waals surface area (Å²) in [6.45, 7) is 0. The van der Waals surface area contributed by atoms with E-state index in [4.69, 9.17) is 0 Å². The average molecular weight is 222 g/mol. The Morgan fingerprint density at radius 2 is 1.24 bits per heavy atom. The van der Waals surface area contributed by atoms with Crippen molar-refractivity contribution in [1.29, 1.82) is 0 Å². The highest BCUT2D eigenvalue weighted by molar-refractivity contribution is 5.18. The predicted molar refractivity (Wildman–Crippen MR) is 74.0 cm³/mol. The molecule has 0 bridgehead atoms. The second-order valence-electron chi connectivity index (χ2n) is 4.19. The zero-order chi connectivity index (χ0) is 11.8. The smallest absolute Gasteiger partial charge is 0.00975 e. The molecule has 17 heavy (non-hydrogen) atoms. The molecule has 0 saturated heterocycles. The molecular formula is C17H18. The molecule has 0 nitrogen and oxygen atoms in total. The van der Waals surface area contributed by atoms with Gasteiger partial charge in [-0.3, -0.25) is 0 Å². The molecule has 0 amide bonds. The summed E-state index contributed by atoms with van der Waals surface area (Å²) in [5, 5.41) is 0. The third-order valence-corrected chi connectivity index (χ3v) is 2.81. The number of rotatable bonds is 5. The molecule has 0 aliphatic heterocycles. The highest BCUT2D eigenvalue weighted by atomic mass is 13.9. The Kier molecular flexibility index (Phi) is 4.59. The molecule has 2 aromatic carbocycles. The van der Waals surface area contributed by atoms with Crippen molar-refractivity contribution in [3.8, 4) is 0 Å². The van der Waals surface area contributed by atoms with E-state index in [0.717, 1.165) is 19.3 Å². The van der Waals surface area contributed by atoms with Crippen LogP contribution in [0.15, 0.2) is 72.8 Å². The van der Waals surface area contributed by atoms with Crippen LogP contribution in [0.2, 0.25) is 0 Å². The molecule has 86 valence electrons. The van der Waals surface area contributed by atoms with Gasteiger partial charge in [-0.05, 0) is 30.4 Å². The van der Waals surface area contributed by atoms with E-state index in [-0.39, 0.29) is 0 Å². The van der Waals surface area contributed by atoms with E-state index in [9.17, 15) is 0 Å². The molecule has 0 unspecified atom stereocenters. The number of aryl methyl sites for hydroxylation is 1. The van der Waals surface area contributed by atoms with Gasteiger partial charge in [0, 0.05) is 0 Å². The summed E-state index contributed by atoms with van der Waals surface area (Å²) in [5.74, 6) is 0. The lowest BCUT2D eigenvalue weighted by molar-refractivity contribution is 0.994. The van der Waals surface area contributed by atoms with Gasteiger partial charge in [0.2, 0.25) is 0 Å². The van der Waals surface area contributed by atoms with E-state index >= 15 is 0 Å². The number of hydrogen-bond acceptors (Lipinski definition) is 0. The third kappa shape index (κ3) is 4.28. The normalized spacial score (nSPS) is 10.8. The molecule has 2 rings (SSSR count). The number of allylic oxidation sites excluding steroid dienone is 2. The molecule has 0 aromatic heterocycles. The maximum absolute atomic E-state index is 2.28. The Hall–Kier alpha value is -1.82. The van der Waals surface area contributed by atoms with E-state index in [0.29, 0.717) is 0 Å². The molecule has 0 heteroatoms. The van der Waals surface area contributed by atoms with Gasteiger partial charge in [0.15, 0.2) is 0 Å². The van der Waals surface area contributed by atoms with Gasteiger partial charge in [-0.2, -0.15) is 0 Å². The van der Waals surface area contributed by atoms with Crippen molar-refractivity contribution in [3.05, 3.63) is 83.9 Å². The van der Waals surface area contributed by atoms with Crippen molar-refractivity contribution < 1.29 is 0 Å². The van der Waals surface area contributed by atoms with Crippen molar-refractivity contribution >= 4 is 0 Å². The topological polar surface area (TPSA) is 0 Å². The van der Waals surface area contributed by atoms with Crippen molar-refractivity contribution in [2.75, 3.05) is 0 Å². The van der Waals surface area contributed by atoms with Gasteiger partial charge in [0.25, 0.3) is 0 Å². The third-order valence-electron chi connectivity index (χ3n) is 2.81. The van der Waals surface area contributed by atoms with Crippen LogP contribution in [0.4, 0.5) is 0 Å². The Balaban J connectivity index is 1.72. The van der Waals surface area contributed by atoms with Crippen LogP contribution in [0.5, 0.6) is 0 Å². The van der Waals surface area contributed by atoms with Gasteiger partial charge in [0.05, 0.1) is 0 Å². The summed E-state index contributed by atoms with van der Waals surface area (Å²) in [4.78, 5) is 0. The first-order valence-corrected chi connectivity index (χ1v) is 6.18. The molecular weight excluding hydrogens is 204 g/mol. The molecule has 0 saturated carbocycles. The van der Waals surface area contributed by atoms with Crippen molar-refractivity contribution in [2.45, 2.75) is 19.3 Å². The molecule has 0 fully saturated rings. The van der Waals surface area contributed by atoms with Crippen LogP contribution in [0, 0.1) is 0 Å². The zero-order valence-electron chi connectivity index (χ0n) is 10.0. The summed E-state index contributed by atoms with van der Waals surface area (Å²) >= 11 is 0. The van der Waals surface area contributed by atoms with Crippen LogP contribution in [-0.2, 0) is 12.8 Å². The minimum Gasteiger partial charge on any atom is -0.0879 e.